The van der Waals surface area contributed by atoms with Crippen LogP contribution in [0.15, 0.2) is 58.5 Å². The number of methoxy groups -OCH3 is 1. The summed E-state index contributed by atoms with van der Waals surface area (Å²) in [5, 5.41) is 0.732. The molecule has 0 bridgehead atoms. The van der Waals surface area contributed by atoms with Crippen molar-refractivity contribution < 1.29 is 9.53 Å². The lowest BCUT2D eigenvalue weighted by Gasteiger charge is -2.21. The van der Waals surface area contributed by atoms with Gasteiger partial charge < -0.3 is 9.64 Å². The summed E-state index contributed by atoms with van der Waals surface area (Å²) in [6, 6.07) is 14.6. The van der Waals surface area contributed by atoms with Crippen LogP contribution in [-0.2, 0) is 4.79 Å². The third kappa shape index (κ3) is 3.87. The zero-order valence-corrected chi connectivity index (χ0v) is 17.3. The van der Waals surface area contributed by atoms with Crippen LogP contribution in [-0.4, -0.2) is 45.8 Å². The number of carbonyl (C=O) groups is 1. The summed E-state index contributed by atoms with van der Waals surface area (Å²) >= 11 is 1.33. The van der Waals surface area contributed by atoms with E-state index in [9.17, 15) is 9.59 Å². The summed E-state index contributed by atoms with van der Waals surface area (Å²) in [4.78, 5) is 32.7. The normalized spacial score (nSPS) is 14.9. The number of likely N-dealkylation sites (tertiary alicyclic amines) is 1. The number of para-hydroxylation sites is 1. The van der Waals surface area contributed by atoms with Crippen LogP contribution in [0.5, 0.6) is 5.75 Å². The monoisotopic (exact) mass is 409 g/mol. The number of carbonyl (C=O) groups excluding carboxylic acids is 1. The van der Waals surface area contributed by atoms with E-state index in [-0.39, 0.29) is 16.7 Å². The predicted molar refractivity (Wildman–Crippen MR) is 115 cm³/mol. The molecule has 4 rings (SSSR count). The fourth-order valence-corrected chi connectivity index (χ4v) is 4.56. The van der Waals surface area contributed by atoms with Crippen molar-refractivity contribution >= 4 is 28.6 Å². The predicted octanol–water partition coefficient (Wildman–Crippen LogP) is 3.50. The van der Waals surface area contributed by atoms with Gasteiger partial charge >= 0.3 is 0 Å². The Morgan fingerprint density at radius 2 is 1.79 bits per heavy atom. The number of benzene rings is 2. The van der Waals surface area contributed by atoms with E-state index in [4.69, 9.17) is 9.72 Å². The summed E-state index contributed by atoms with van der Waals surface area (Å²) < 4.78 is 6.81. The van der Waals surface area contributed by atoms with E-state index in [1.54, 1.807) is 17.7 Å². The van der Waals surface area contributed by atoms with E-state index in [0.29, 0.717) is 27.5 Å². The maximum absolute atomic E-state index is 13.3. The van der Waals surface area contributed by atoms with Crippen molar-refractivity contribution in [3.63, 3.8) is 0 Å². The number of amides is 1. The maximum atomic E-state index is 13.3. The number of fused-ring (bicyclic) bond motifs is 1. The molecule has 2 heterocycles. The zero-order chi connectivity index (χ0) is 20.4. The molecule has 6 nitrogen and oxygen atoms in total. The Balaban J connectivity index is 1.78. The summed E-state index contributed by atoms with van der Waals surface area (Å²) in [5.41, 5.74) is 1.17. The lowest BCUT2D eigenvalue weighted by atomic mass is 10.2. The standard InChI is InChI=1S/C22H23N3O3S/c1-15(20(26)24-13-5-6-14-24)29-22-23-19-8-4-3-7-18(19)21(27)25(22)16-9-11-17(28-2)12-10-16/h3-4,7-12,15H,5-6,13-14H2,1-2H3/t15-/m1/s1. The molecule has 0 saturated carbocycles. The van der Waals surface area contributed by atoms with Crippen LogP contribution in [0.25, 0.3) is 16.6 Å². The van der Waals surface area contributed by atoms with Gasteiger partial charge in [-0.1, -0.05) is 23.9 Å². The topological polar surface area (TPSA) is 64.4 Å². The molecular weight excluding hydrogens is 386 g/mol. The van der Waals surface area contributed by atoms with E-state index in [2.05, 4.69) is 0 Å². The Labute approximate surface area is 173 Å². The first-order valence-electron chi connectivity index (χ1n) is 9.70. The van der Waals surface area contributed by atoms with Gasteiger partial charge in [-0.25, -0.2) is 4.98 Å². The second-order valence-electron chi connectivity index (χ2n) is 7.04. The number of nitrogens with zero attached hydrogens (tertiary/aromatic N) is 3. The molecule has 0 aliphatic carbocycles. The number of thioether (sulfide) groups is 1. The van der Waals surface area contributed by atoms with Gasteiger partial charge in [0.2, 0.25) is 5.91 Å². The van der Waals surface area contributed by atoms with Crippen molar-refractivity contribution in [3.8, 4) is 11.4 Å². The highest BCUT2D eigenvalue weighted by atomic mass is 32.2. The molecule has 3 aromatic rings. The maximum Gasteiger partial charge on any atom is 0.266 e. The van der Waals surface area contributed by atoms with Crippen molar-refractivity contribution in [2.24, 2.45) is 0 Å². The Morgan fingerprint density at radius 1 is 1.10 bits per heavy atom. The Bertz CT molecular complexity index is 1090. The van der Waals surface area contributed by atoms with Crippen LogP contribution < -0.4 is 10.3 Å². The van der Waals surface area contributed by atoms with Crippen molar-refractivity contribution in [2.75, 3.05) is 20.2 Å². The van der Waals surface area contributed by atoms with Gasteiger partial charge in [0.1, 0.15) is 5.75 Å². The highest BCUT2D eigenvalue weighted by Gasteiger charge is 2.26. The molecule has 1 aliphatic rings. The van der Waals surface area contributed by atoms with Crippen LogP contribution in [0.3, 0.4) is 0 Å². The van der Waals surface area contributed by atoms with E-state index in [1.165, 1.54) is 11.8 Å². The Morgan fingerprint density at radius 3 is 2.48 bits per heavy atom. The lowest BCUT2D eigenvalue weighted by Crippen LogP contribution is -2.34. The number of hydrogen-bond donors (Lipinski definition) is 0. The lowest BCUT2D eigenvalue weighted by molar-refractivity contribution is -0.129. The van der Waals surface area contributed by atoms with Crippen LogP contribution in [0.4, 0.5) is 0 Å². The minimum absolute atomic E-state index is 0.0937. The van der Waals surface area contributed by atoms with Gasteiger partial charge in [-0.15, -0.1) is 0 Å². The van der Waals surface area contributed by atoms with Gasteiger partial charge in [0.05, 0.1) is 29.0 Å². The molecule has 29 heavy (non-hydrogen) atoms. The van der Waals surface area contributed by atoms with E-state index < -0.39 is 0 Å². The molecule has 1 atom stereocenters. The van der Waals surface area contributed by atoms with Crippen LogP contribution in [0.2, 0.25) is 0 Å². The molecular formula is C22H23N3O3S. The summed E-state index contributed by atoms with van der Waals surface area (Å²) in [7, 11) is 1.60. The minimum atomic E-state index is -0.328. The van der Waals surface area contributed by atoms with Crippen LogP contribution in [0, 0.1) is 0 Å². The SMILES string of the molecule is COc1ccc(-n2c(S[C@H](C)C(=O)N3CCCC3)nc3ccccc3c2=O)cc1. The molecule has 7 heteroatoms. The number of aromatic nitrogens is 2. The molecule has 0 N–H and O–H groups in total. The van der Waals surface area contributed by atoms with Gasteiger partial charge in [0.25, 0.3) is 5.56 Å². The van der Waals surface area contributed by atoms with Crippen LogP contribution >= 0.6 is 11.8 Å². The third-order valence-corrected chi connectivity index (χ3v) is 6.16. The second kappa shape index (κ2) is 8.29. The first-order valence-corrected chi connectivity index (χ1v) is 10.6. The van der Waals surface area contributed by atoms with Gasteiger partial charge in [0, 0.05) is 13.1 Å². The molecule has 2 aromatic carbocycles. The summed E-state index contributed by atoms with van der Waals surface area (Å²) in [5.74, 6) is 0.804. The highest BCUT2D eigenvalue weighted by Crippen LogP contribution is 2.27. The largest absolute Gasteiger partial charge is 0.497 e. The minimum Gasteiger partial charge on any atom is -0.497 e. The number of hydrogen-bond acceptors (Lipinski definition) is 5. The molecule has 0 radical (unpaired) electrons. The molecule has 1 aliphatic heterocycles. The molecule has 150 valence electrons. The van der Waals surface area contributed by atoms with Crippen molar-refractivity contribution in [3.05, 3.63) is 58.9 Å². The Hall–Kier alpha value is -2.80. The molecule has 1 fully saturated rings. The number of rotatable bonds is 5. The van der Waals surface area contributed by atoms with E-state index in [1.807, 2.05) is 54.3 Å². The Kier molecular flexibility index (Phi) is 5.58. The van der Waals surface area contributed by atoms with Gasteiger partial charge in [-0.3, -0.25) is 14.2 Å². The quantitative estimate of drug-likeness (QED) is 0.477. The van der Waals surface area contributed by atoms with Crippen LogP contribution in [0.1, 0.15) is 19.8 Å². The van der Waals surface area contributed by atoms with Crippen molar-refractivity contribution in [1.82, 2.24) is 14.5 Å². The fraction of sp³-hybridized carbons (Fsp3) is 0.318. The summed E-state index contributed by atoms with van der Waals surface area (Å²) in [6.07, 6.45) is 2.10. The first-order chi connectivity index (χ1) is 14.1. The van der Waals surface area contributed by atoms with Gasteiger partial charge in [-0.2, -0.15) is 0 Å². The molecule has 0 spiro atoms. The first kappa shape index (κ1) is 19.5. The average Bonchev–Trinajstić information content (AvgIpc) is 3.28. The molecule has 0 unspecified atom stereocenters. The van der Waals surface area contributed by atoms with Crippen molar-refractivity contribution in [1.29, 1.82) is 0 Å². The fourth-order valence-electron chi connectivity index (χ4n) is 3.55. The molecule has 1 amide bonds. The molecule has 1 aromatic heterocycles. The third-order valence-electron chi connectivity index (χ3n) is 5.12. The van der Waals surface area contributed by atoms with E-state index in [0.717, 1.165) is 25.9 Å². The number of ether oxygens (including phenoxy) is 1. The van der Waals surface area contributed by atoms with Gasteiger partial charge in [0.15, 0.2) is 5.16 Å². The zero-order valence-electron chi connectivity index (χ0n) is 16.5. The smallest absolute Gasteiger partial charge is 0.266 e. The molecule has 1 saturated heterocycles. The van der Waals surface area contributed by atoms with E-state index >= 15 is 0 Å². The van der Waals surface area contributed by atoms with Gasteiger partial charge in [-0.05, 0) is 56.2 Å². The average molecular weight is 410 g/mol. The van der Waals surface area contributed by atoms with Crippen molar-refractivity contribution in [2.45, 2.75) is 30.2 Å². The highest BCUT2D eigenvalue weighted by molar-refractivity contribution is 8.00. The second-order valence-corrected chi connectivity index (χ2v) is 8.35. The summed E-state index contributed by atoms with van der Waals surface area (Å²) in [6.45, 7) is 3.49.